The number of halogens is 6. The molecule has 0 spiro atoms. The van der Waals surface area contributed by atoms with E-state index in [0.29, 0.717) is 4.90 Å². The third-order valence-electron chi connectivity index (χ3n) is 5.62. The van der Waals surface area contributed by atoms with Gasteiger partial charge >= 0.3 is 12.1 Å². The van der Waals surface area contributed by atoms with Crippen LogP contribution in [0.3, 0.4) is 0 Å². The second-order valence-corrected chi connectivity index (χ2v) is 8.16. The van der Waals surface area contributed by atoms with Gasteiger partial charge in [-0.1, -0.05) is 30.3 Å². The molecule has 2 amide bonds. The molecule has 2 aromatic carbocycles. The molecule has 10 heteroatoms. The van der Waals surface area contributed by atoms with Crippen LogP contribution in [-0.4, -0.2) is 41.8 Å². The van der Waals surface area contributed by atoms with Crippen molar-refractivity contribution in [2.75, 3.05) is 19.0 Å². The molecule has 1 unspecified atom stereocenters. The number of carbonyl (C=O) groups excluding carboxylic acids is 1. The summed E-state index contributed by atoms with van der Waals surface area (Å²) in [7, 11) is 2.15. The Morgan fingerprint density at radius 3 is 2.00 bits per heavy atom. The summed E-state index contributed by atoms with van der Waals surface area (Å²) in [6.45, 7) is 1.83. The maximum Gasteiger partial charge on any atom is 0.346 e. The van der Waals surface area contributed by atoms with E-state index in [0.717, 1.165) is 27.9 Å². The highest BCUT2D eigenvalue weighted by molar-refractivity contribution is 5.97. The Morgan fingerprint density at radius 2 is 1.52 bits per heavy atom. The van der Waals surface area contributed by atoms with Crippen LogP contribution in [-0.2, 0) is 11.8 Å². The van der Waals surface area contributed by atoms with Crippen molar-refractivity contribution in [2.45, 2.75) is 37.3 Å². The third-order valence-corrected chi connectivity index (χ3v) is 5.62. The first-order valence-corrected chi connectivity index (χ1v) is 9.22. The smallest absolute Gasteiger partial charge is 0.346 e. The number of anilines is 1. The Hall–Kier alpha value is -2.75. The van der Waals surface area contributed by atoms with Crippen LogP contribution in [0.5, 0.6) is 0 Å². The molecular formula is C21H20F6N2O2. The highest BCUT2D eigenvalue weighted by Gasteiger charge is 2.74. The number of alkyl halides is 2. The average Bonchev–Trinajstić information content (AvgIpc) is 2.89. The highest BCUT2D eigenvalue weighted by atomic mass is 19.3. The molecule has 168 valence electrons. The fraction of sp³-hybridized carbons (Fsp3) is 0.381. The van der Waals surface area contributed by atoms with Gasteiger partial charge in [0, 0.05) is 19.7 Å². The minimum atomic E-state index is -4.48. The lowest BCUT2D eigenvalue weighted by Gasteiger charge is -2.46. The molecule has 1 aliphatic rings. The van der Waals surface area contributed by atoms with Gasteiger partial charge in [-0.15, -0.1) is 0 Å². The lowest BCUT2D eigenvalue weighted by atomic mass is 9.64. The molecule has 0 bridgehead atoms. The van der Waals surface area contributed by atoms with Crippen LogP contribution in [0.1, 0.15) is 25.0 Å². The second-order valence-electron chi connectivity index (χ2n) is 8.16. The lowest BCUT2D eigenvalue weighted by molar-refractivity contribution is -0.149. The van der Waals surface area contributed by atoms with E-state index in [1.54, 1.807) is 6.07 Å². The van der Waals surface area contributed by atoms with Crippen molar-refractivity contribution >= 4 is 11.7 Å². The third kappa shape index (κ3) is 2.99. The van der Waals surface area contributed by atoms with Crippen LogP contribution in [0.25, 0.3) is 0 Å². The first-order chi connectivity index (χ1) is 14.2. The monoisotopic (exact) mass is 446 g/mol. The van der Waals surface area contributed by atoms with Gasteiger partial charge in [0.1, 0.15) is 5.41 Å². The van der Waals surface area contributed by atoms with E-state index in [-0.39, 0.29) is 5.56 Å². The number of urea groups is 1. The number of benzene rings is 2. The Kier molecular flexibility index (Phi) is 5.29. The number of nitrogens with zero attached hydrogens (tertiary/aromatic N) is 2. The summed E-state index contributed by atoms with van der Waals surface area (Å²) in [4.78, 5) is 12.9. The van der Waals surface area contributed by atoms with Gasteiger partial charge in [-0.3, -0.25) is 0 Å². The van der Waals surface area contributed by atoms with Gasteiger partial charge in [0.2, 0.25) is 0 Å². The van der Waals surface area contributed by atoms with Gasteiger partial charge in [0.15, 0.2) is 23.3 Å². The molecule has 0 saturated heterocycles. The summed E-state index contributed by atoms with van der Waals surface area (Å²) in [5.74, 6) is -8.90. The summed E-state index contributed by atoms with van der Waals surface area (Å²) >= 11 is 0. The highest BCUT2D eigenvalue weighted by Crippen LogP contribution is 2.62. The van der Waals surface area contributed by atoms with Gasteiger partial charge in [0.25, 0.3) is 0 Å². The molecule has 0 saturated carbocycles. The number of carbonyl (C=O) groups is 1. The molecular weight excluding hydrogens is 426 g/mol. The molecule has 31 heavy (non-hydrogen) atoms. The van der Waals surface area contributed by atoms with Gasteiger partial charge in [-0.2, -0.15) is 8.78 Å². The molecule has 1 heterocycles. The average molecular weight is 446 g/mol. The van der Waals surface area contributed by atoms with E-state index in [4.69, 9.17) is 0 Å². The van der Waals surface area contributed by atoms with E-state index in [1.807, 2.05) is 0 Å². The predicted molar refractivity (Wildman–Crippen MR) is 101 cm³/mol. The Morgan fingerprint density at radius 1 is 1.00 bits per heavy atom. The molecule has 1 atom stereocenters. The summed E-state index contributed by atoms with van der Waals surface area (Å²) in [5, 5.41) is 10.9. The van der Waals surface area contributed by atoms with E-state index >= 15 is 13.2 Å². The number of hydrogen-bond donors (Lipinski definition) is 1. The summed E-state index contributed by atoms with van der Waals surface area (Å²) in [6, 6.07) is 1.38. The number of hydrogen-bond acceptors (Lipinski definition) is 2. The molecule has 0 aliphatic carbocycles. The van der Waals surface area contributed by atoms with E-state index in [2.05, 4.69) is 0 Å². The van der Waals surface area contributed by atoms with Gasteiger partial charge in [0.05, 0.1) is 11.3 Å². The maximum absolute atomic E-state index is 16.1. The zero-order valence-electron chi connectivity index (χ0n) is 17.1. The van der Waals surface area contributed by atoms with Gasteiger partial charge in [-0.05, 0) is 25.8 Å². The van der Waals surface area contributed by atoms with Gasteiger partial charge in [-0.25, -0.2) is 27.3 Å². The first kappa shape index (κ1) is 22.9. The van der Waals surface area contributed by atoms with E-state index in [9.17, 15) is 23.1 Å². The summed E-state index contributed by atoms with van der Waals surface area (Å²) in [6.07, 6.45) is -0.810. The minimum Gasteiger partial charge on any atom is -0.389 e. The molecule has 4 nitrogen and oxygen atoms in total. The predicted octanol–water partition coefficient (Wildman–Crippen LogP) is 4.59. The molecule has 1 N–H and O–H groups in total. The van der Waals surface area contributed by atoms with E-state index < -0.39 is 68.9 Å². The Balaban J connectivity index is 2.52. The van der Waals surface area contributed by atoms with Crippen LogP contribution in [0.4, 0.5) is 36.8 Å². The Bertz CT molecular complexity index is 1040. The minimum absolute atomic E-state index is 0.166. The molecule has 3 rings (SSSR count). The van der Waals surface area contributed by atoms with Crippen molar-refractivity contribution < 1.29 is 36.2 Å². The van der Waals surface area contributed by atoms with Crippen LogP contribution < -0.4 is 4.90 Å². The standard InChI is InChI=1S/C21H20F6N2O2/c1-19(2,31)20(10-11-8-6-5-7-9-11)12-13(22)14(23)15(24)16(25)17(12)29(21(20,26)27)18(30)28(3)4/h5-9,31H,10H2,1-4H3. The van der Waals surface area contributed by atoms with Crippen molar-refractivity contribution in [1.82, 2.24) is 4.90 Å². The fourth-order valence-corrected chi connectivity index (χ4v) is 4.10. The van der Waals surface area contributed by atoms with Crippen LogP contribution in [0.15, 0.2) is 30.3 Å². The zero-order valence-corrected chi connectivity index (χ0v) is 17.1. The molecule has 1 aliphatic heterocycles. The number of rotatable bonds is 3. The van der Waals surface area contributed by atoms with Crippen LogP contribution >= 0.6 is 0 Å². The van der Waals surface area contributed by atoms with E-state index in [1.165, 1.54) is 24.3 Å². The van der Waals surface area contributed by atoms with Gasteiger partial charge < -0.3 is 10.0 Å². The van der Waals surface area contributed by atoms with Crippen molar-refractivity contribution in [2.24, 2.45) is 0 Å². The van der Waals surface area contributed by atoms with Crippen molar-refractivity contribution in [3.63, 3.8) is 0 Å². The van der Waals surface area contributed by atoms with Crippen molar-refractivity contribution in [3.8, 4) is 0 Å². The summed E-state index contributed by atoms with van der Waals surface area (Å²) < 4.78 is 90.3. The lowest BCUT2D eigenvalue weighted by Crippen LogP contribution is -2.64. The maximum atomic E-state index is 16.1. The topological polar surface area (TPSA) is 43.8 Å². The fourth-order valence-electron chi connectivity index (χ4n) is 4.10. The number of amides is 2. The largest absolute Gasteiger partial charge is 0.389 e. The zero-order chi connectivity index (χ0) is 23.5. The Labute approximate surface area is 174 Å². The summed E-state index contributed by atoms with van der Waals surface area (Å²) in [5.41, 5.74) is -8.17. The second kappa shape index (κ2) is 7.15. The SMILES string of the molecule is CN(C)C(=O)N1c2c(F)c(F)c(F)c(F)c2C(Cc2ccccc2)(C(C)(C)O)C1(F)F. The van der Waals surface area contributed by atoms with Crippen molar-refractivity contribution in [3.05, 3.63) is 64.7 Å². The number of fused-ring (bicyclic) bond motifs is 1. The molecule has 2 aromatic rings. The van der Waals surface area contributed by atoms with Crippen LogP contribution in [0.2, 0.25) is 0 Å². The quantitative estimate of drug-likeness (QED) is 0.325. The van der Waals surface area contributed by atoms with Crippen LogP contribution in [0, 0.1) is 23.3 Å². The van der Waals surface area contributed by atoms with Crippen molar-refractivity contribution in [1.29, 1.82) is 0 Å². The molecule has 0 aromatic heterocycles. The molecule has 0 fully saturated rings. The normalized spacial score (nSPS) is 20.0. The first-order valence-electron chi connectivity index (χ1n) is 9.22. The number of aliphatic hydroxyl groups is 1. The molecule has 0 radical (unpaired) electrons.